The molecular weight excluding hydrogens is 406 g/mol. The molecule has 0 radical (unpaired) electrons. The maximum Gasteiger partial charge on any atom is 0.353 e. The minimum atomic E-state index is -1.05. The Morgan fingerprint density at radius 3 is 2.83 bits per heavy atom. The molecule has 168 valence electrons. The number of aliphatic carboxylic acids is 1. The van der Waals surface area contributed by atoms with Gasteiger partial charge in [0.05, 0.1) is 24.7 Å². The molecule has 8 nitrogen and oxygen atoms in total. The van der Waals surface area contributed by atoms with Crippen molar-refractivity contribution in [2.24, 2.45) is 17.8 Å². The third kappa shape index (κ3) is 3.90. The molecule has 4 N–H and O–H groups in total. The molecule has 1 amide bonds. The van der Waals surface area contributed by atoms with Gasteiger partial charge in [0.15, 0.2) is 0 Å². The summed E-state index contributed by atoms with van der Waals surface area (Å²) in [4.78, 5) is 28.9. The van der Waals surface area contributed by atoms with Gasteiger partial charge in [-0.25, -0.2) is 4.79 Å². The van der Waals surface area contributed by atoms with E-state index >= 15 is 0 Å². The van der Waals surface area contributed by atoms with Crippen LogP contribution in [-0.4, -0.2) is 93.2 Å². The maximum absolute atomic E-state index is 12.5. The second kappa shape index (κ2) is 8.78. The van der Waals surface area contributed by atoms with E-state index in [4.69, 9.17) is 5.11 Å². The zero-order valence-corrected chi connectivity index (χ0v) is 18.5. The highest BCUT2D eigenvalue weighted by molar-refractivity contribution is 8.03. The van der Waals surface area contributed by atoms with Gasteiger partial charge in [0.2, 0.25) is 5.91 Å². The van der Waals surface area contributed by atoms with Crippen LogP contribution in [0.15, 0.2) is 10.6 Å². The minimum absolute atomic E-state index is 0.0701. The summed E-state index contributed by atoms with van der Waals surface area (Å²) >= 11 is 1.61. The van der Waals surface area contributed by atoms with Crippen molar-refractivity contribution in [1.29, 1.82) is 0 Å². The molecule has 3 saturated heterocycles. The summed E-state index contributed by atoms with van der Waals surface area (Å²) in [6.45, 7) is 7.48. The monoisotopic (exact) mass is 439 g/mol. The molecule has 9 heteroatoms. The number of amides is 1. The average molecular weight is 440 g/mol. The van der Waals surface area contributed by atoms with Gasteiger partial charge >= 0.3 is 5.97 Å². The molecule has 30 heavy (non-hydrogen) atoms. The predicted molar refractivity (Wildman–Crippen MR) is 114 cm³/mol. The summed E-state index contributed by atoms with van der Waals surface area (Å²) in [5, 5.41) is 32.8. The number of hydrogen-bond donors (Lipinski definition) is 4. The number of nitrogens with one attached hydrogen (secondary N) is 1. The van der Waals surface area contributed by atoms with E-state index in [0.29, 0.717) is 12.0 Å². The Hall–Kier alpha value is -1.13. The SMILES string of the molecule is C[C@@H](O)[C@H]1C(=O)N2C(C(=O)O)=C(S[C@@H]3CN[C@H](CC4CCN(CCO)C4)C3)[C@H](C)[C@H]12. The van der Waals surface area contributed by atoms with E-state index in [-0.39, 0.29) is 35.4 Å². The van der Waals surface area contributed by atoms with Gasteiger partial charge < -0.3 is 30.4 Å². The summed E-state index contributed by atoms with van der Waals surface area (Å²) in [6, 6.07) is 0.184. The van der Waals surface area contributed by atoms with Crippen LogP contribution in [0.3, 0.4) is 0 Å². The van der Waals surface area contributed by atoms with E-state index in [1.54, 1.807) is 18.7 Å². The summed E-state index contributed by atoms with van der Waals surface area (Å²) in [5.41, 5.74) is 0.123. The quantitative estimate of drug-likeness (QED) is 0.400. The van der Waals surface area contributed by atoms with Crippen molar-refractivity contribution in [3.63, 3.8) is 0 Å². The molecule has 0 saturated carbocycles. The lowest BCUT2D eigenvalue weighted by atomic mass is 9.79. The van der Waals surface area contributed by atoms with E-state index in [0.717, 1.165) is 43.9 Å². The number of aliphatic hydroxyl groups excluding tert-OH is 2. The molecular formula is C21H33N3O5S. The number of β-amino-alcohol motifs (C(OH)–C–C–N with tert-alkyl or cyclic N) is 1. The Bertz CT molecular complexity index is 729. The van der Waals surface area contributed by atoms with Gasteiger partial charge in [-0.1, -0.05) is 6.92 Å². The molecule has 4 rings (SSSR count). The predicted octanol–water partition coefficient (Wildman–Crippen LogP) is 0.308. The molecule has 0 aromatic carbocycles. The maximum atomic E-state index is 12.5. The van der Waals surface area contributed by atoms with E-state index in [9.17, 15) is 19.8 Å². The highest BCUT2D eigenvalue weighted by Crippen LogP contribution is 2.51. The van der Waals surface area contributed by atoms with Crippen molar-refractivity contribution >= 4 is 23.6 Å². The highest BCUT2D eigenvalue weighted by Gasteiger charge is 2.60. The Labute approximate surface area is 181 Å². The van der Waals surface area contributed by atoms with Crippen LogP contribution in [0.1, 0.15) is 33.1 Å². The summed E-state index contributed by atoms with van der Waals surface area (Å²) in [6.07, 6.45) is 2.50. The fourth-order valence-electron chi connectivity index (χ4n) is 5.76. The smallest absolute Gasteiger partial charge is 0.353 e. The standard InChI is InChI=1S/C21H33N3O5S/c1-11-17-16(12(2)26)20(27)24(17)18(21(28)29)19(11)30-15-8-14(22-9-15)7-13-3-4-23(10-13)5-6-25/h11-17,22,25-26H,3-10H2,1-2H3,(H,28,29)/t11-,12-,13?,14-,15+,16-,17-/m1/s1. The number of carboxylic acid groups (broad SMARTS) is 1. The molecule has 0 aromatic rings. The van der Waals surface area contributed by atoms with Gasteiger partial charge in [-0.2, -0.15) is 0 Å². The number of aliphatic hydroxyl groups is 2. The van der Waals surface area contributed by atoms with Crippen molar-refractivity contribution in [2.45, 2.75) is 56.5 Å². The van der Waals surface area contributed by atoms with E-state index < -0.39 is 18.0 Å². The fourth-order valence-corrected chi connectivity index (χ4v) is 7.28. The van der Waals surface area contributed by atoms with Crippen molar-refractivity contribution in [2.75, 3.05) is 32.8 Å². The highest BCUT2D eigenvalue weighted by atomic mass is 32.2. The average Bonchev–Trinajstić information content (AvgIpc) is 3.35. The number of β-lactam (4-membered cyclic amide) rings is 1. The first kappa shape index (κ1) is 22.1. The topological polar surface area (TPSA) is 113 Å². The molecule has 4 heterocycles. The number of fused-ring (bicyclic) bond motifs is 1. The Kier molecular flexibility index (Phi) is 6.46. The first-order valence-corrected chi connectivity index (χ1v) is 11.9. The van der Waals surface area contributed by atoms with E-state index in [1.165, 1.54) is 11.3 Å². The van der Waals surface area contributed by atoms with Gasteiger partial charge in [-0.05, 0) is 38.6 Å². The summed E-state index contributed by atoms with van der Waals surface area (Å²) < 4.78 is 0. The number of likely N-dealkylation sites (tertiary alicyclic amines) is 1. The molecule has 4 aliphatic rings. The molecule has 0 aromatic heterocycles. The summed E-state index contributed by atoms with van der Waals surface area (Å²) in [5.74, 6) is -1.26. The number of hydrogen-bond acceptors (Lipinski definition) is 7. The van der Waals surface area contributed by atoms with Crippen LogP contribution in [0.5, 0.6) is 0 Å². The number of rotatable bonds is 8. The molecule has 3 fully saturated rings. The van der Waals surface area contributed by atoms with Crippen LogP contribution in [-0.2, 0) is 9.59 Å². The van der Waals surface area contributed by atoms with Gasteiger partial charge in [0.1, 0.15) is 5.70 Å². The number of nitrogens with zero attached hydrogens (tertiary/aromatic N) is 2. The lowest BCUT2D eigenvalue weighted by molar-refractivity contribution is -0.163. The van der Waals surface area contributed by atoms with Crippen molar-refractivity contribution in [3.05, 3.63) is 10.6 Å². The third-order valence-corrected chi connectivity index (χ3v) is 8.70. The number of carboxylic acids is 1. The number of thioether (sulfide) groups is 1. The van der Waals surface area contributed by atoms with Crippen molar-refractivity contribution < 1.29 is 24.9 Å². The normalized spacial score (nSPS) is 37.6. The van der Waals surface area contributed by atoms with Crippen LogP contribution < -0.4 is 5.32 Å². The van der Waals surface area contributed by atoms with Crippen LogP contribution >= 0.6 is 11.8 Å². The number of carbonyl (C=O) groups excluding carboxylic acids is 1. The lowest BCUT2D eigenvalue weighted by Gasteiger charge is -2.46. The fraction of sp³-hybridized carbons (Fsp3) is 0.810. The van der Waals surface area contributed by atoms with Gasteiger partial charge in [-0.3, -0.25) is 4.79 Å². The summed E-state index contributed by atoms with van der Waals surface area (Å²) in [7, 11) is 0. The second-order valence-corrected chi connectivity index (χ2v) is 10.6. The minimum Gasteiger partial charge on any atom is -0.477 e. The largest absolute Gasteiger partial charge is 0.477 e. The Morgan fingerprint density at radius 1 is 1.40 bits per heavy atom. The first-order valence-electron chi connectivity index (χ1n) is 11.0. The molecule has 7 atom stereocenters. The van der Waals surface area contributed by atoms with Crippen LogP contribution in [0, 0.1) is 17.8 Å². The Balaban J connectivity index is 1.37. The van der Waals surface area contributed by atoms with Crippen LogP contribution in [0.4, 0.5) is 0 Å². The second-order valence-electron chi connectivity index (χ2n) is 9.27. The molecule has 0 aliphatic carbocycles. The molecule has 4 aliphatic heterocycles. The zero-order valence-electron chi connectivity index (χ0n) is 17.7. The van der Waals surface area contributed by atoms with Crippen molar-refractivity contribution in [1.82, 2.24) is 15.1 Å². The third-order valence-electron chi connectivity index (χ3n) is 7.19. The van der Waals surface area contributed by atoms with Gasteiger partial charge in [0.25, 0.3) is 0 Å². The molecule has 0 bridgehead atoms. The lowest BCUT2D eigenvalue weighted by Crippen LogP contribution is -2.63. The first-order chi connectivity index (χ1) is 14.3. The van der Waals surface area contributed by atoms with Gasteiger partial charge in [0, 0.05) is 41.7 Å². The number of carbonyl (C=O) groups is 2. The molecule has 1 unspecified atom stereocenters. The zero-order chi connectivity index (χ0) is 21.6. The molecule has 0 spiro atoms. The Morgan fingerprint density at radius 2 is 2.17 bits per heavy atom. The van der Waals surface area contributed by atoms with Gasteiger partial charge in [-0.15, -0.1) is 11.8 Å². The van der Waals surface area contributed by atoms with Crippen LogP contribution in [0.25, 0.3) is 0 Å². The van der Waals surface area contributed by atoms with E-state index in [2.05, 4.69) is 10.2 Å². The van der Waals surface area contributed by atoms with E-state index in [1.807, 2.05) is 6.92 Å². The van der Waals surface area contributed by atoms with Crippen molar-refractivity contribution in [3.8, 4) is 0 Å². The van der Waals surface area contributed by atoms with Crippen LogP contribution in [0.2, 0.25) is 0 Å².